The molecule has 1 aromatic carbocycles. The Kier molecular flexibility index (Phi) is 9.01. The first kappa shape index (κ1) is 27.9. The summed E-state index contributed by atoms with van der Waals surface area (Å²) in [4.78, 5) is 24.2. The SMILES string of the molecule is CC(C)(C)C(=O)NCCN[C@H]1CC[C@H](CNC(=O)c2cc(C(F)(F)F)cc(C(F)(F)F)c2)CC1. The van der Waals surface area contributed by atoms with Crippen molar-refractivity contribution in [3.63, 3.8) is 0 Å². The van der Waals surface area contributed by atoms with Gasteiger partial charge in [0.25, 0.3) is 5.91 Å². The Morgan fingerprint density at radius 3 is 1.82 bits per heavy atom. The summed E-state index contributed by atoms with van der Waals surface area (Å²) in [6.45, 7) is 6.78. The van der Waals surface area contributed by atoms with Gasteiger partial charge in [-0.3, -0.25) is 9.59 Å². The monoisotopic (exact) mass is 495 g/mol. The van der Waals surface area contributed by atoms with E-state index in [1.165, 1.54) is 0 Å². The fraction of sp³-hybridized carbons (Fsp3) is 0.652. The number of nitrogens with one attached hydrogen (secondary N) is 3. The molecule has 0 aliphatic heterocycles. The maximum Gasteiger partial charge on any atom is 0.416 e. The van der Waals surface area contributed by atoms with E-state index in [0.717, 1.165) is 25.7 Å². The van der Waals surface area contributed by atoms with Crippen molar-refractivity contribution in [1.82, 2.24) is 16.0 Å². The van der Waals surface area contributed by atoms with Crippen LogP contribution in [0.4, 0.5) is 26.3 Å². The van der Waals surface area contributed by atoms with Gasteiger partial charge in [0.05, 0.1) is 11.1 Å². The van der Waals surface area contributed by atoms with Gasteiger partial charge in [0.15, 0.2) is 0 Å². The van der Waals surface area contributed by atoms with Crippen molar-refractivity contribution in [2.24, 2.45) is 11.3 Å². The molecule has 1 aliphatic carbocycles. The predicted octanol–water partition coefficient (Wildman–Crippen LogP) is 4.76. The molecule has 1 fully saturated rings. The van der Waals surface area contributed by atoms with Gasteiger partial charge in [-0.25, -0.2) is 0 Å². The molecular formula is C23H31F6N3O2. The summed E-state index contributed by atoms with van der Waals surface area (Å²) in [5, 5.41) is 8.70. The lowest BCUT2D eigenvalue weighted by atomic mass is 9.86. The third-order valence-electron chi connectivity index (χ3n) is 5.77. The summed E-state index contributed by atoms with van der Waals surface area (Å²) < 4.78 is 77.9. The van der Waals surface area contributed by atoms with E-state index in [-0.39, 0.29) is 30.5 Å². The van der Waals surface area contributed by atoms with Gasteiger partial charge >= 0.3 is 12.4 Å². The van der Waals surface area contributed by atoms with Gasteiger partial charge in [-0.2, -0.15) is 26.3 Å². The van der Waals surface area contributed by atoms with Crippen molar-refractivity contribution in [2.45, 2.75) is 64.8 Å². The zero-order valence-electron chi connectivity index (χ0n) is 19.4. The molecule has 1 aromatic rings. The number of carbonyl (C=O) groups excluding carboxylic acids is 2. The normalized spacial score (nSPS) is 19.6. The van der Waals surface area contributed by atoms with Gasteiger partial charge < -0.3 is 16.0 Å². The maximum atomic E-state index is 13.0. The molecule has 0 heterocycles. The minimum Gasteiger partial charge on any atom is -0.354 e. The fourth-order valence-electron chi connectivity index (χ4n) is 3.71. The maximum absolute atomic E-state index is 13.0. The van der Waals surface area contributed by atoms with Crippen molar-refractivity contribution in [2.75, 3.05) is 19.6 Å². The smallest absolute Gasteiger partial charge is 0.354 e. The summed E-state index contributed by atoms with van der Waals surface area (Å²) in [5.74, 6) is -0.918. The molecule has 5 nitrogen and oxygen atoms in total. The van der Waals surface area contributed by atoms with Crippen LogP contribution < -0.4 is 16.0 Å². The number of amides is 2. The number of hydrogen-bond acceptors (Lipinski definition) is 3. The third kappa shape index (κ3) is 8.48. The van der Waals surface area contributed by atoms with Crippen LogP contribution in [0, 0.1) is 11.3 Å². The van der Waals surface area contributed by atoms with E-state index < -0.39 is 40.4 Å². The first-order valence-corrected chi connectivity index (χ1v) is 11.2. The quantitative estimate of drug-likeness (QED) is 0.377. The number of alkyl halides is 6. The van der Waals surface area contributed by atoms with Gasteiger partial charge in [0, 0.05) is 36.7 Å². The van der Waals surface area contributed by atoms with Gasteiger partial charge in [0.2, 0.25) is 5.91 Å². The summed E-state index contributed by atoms with van der Waals surface area (Å²) >= 11 is 0. The van der Waals surface area contributed by atoms with E-state index >= 15 is 0 Å². The first-order chi connectivity index (χ1) is 15.6. The van der Waals surface area contributed by atoms with Crippen LogP contribution in [0.5, 0.6) is 0 Å². The molecule has 3 N–H and O–H groups in total. The summed E-state index contributed by atoms with van der Waals surface area (Å²) in [6.07, 6.45) is -6.87. The van der Waals surface area contributed by atoms with Crippen LogP contribution in [0.15, 0.2) is 18.2 Å². The van der Waals surface area contributed by atoms with Gasteiger partial charge in [-0.1, -0.05) is 20.8 Å². The molecule has 0 unspecified atom stereocenters. The average Bonchev–Trinajstić information content (AvgIpc) is 2.73. The van der Waals surface area contributed by atoms with Gasteiger partial charge in [-0.05, 0) is 49.8 Å². The molecule has 1 aliphatic rings. The second-order valence-electron chi connectivity index (χ2n) is 9.68. The van der Waals surface area contributed by atoms with E-state index in [1.54, 1.807) is 0 Å². The van der Waals surface area contributed by atoms with Gasteiger partial charge in [-0.15, -0.1) is 0 Å². The molecule has 192 valence electrons. The highest BCUT2D eigenvalue weighted by Gasteiger charge is 2.37. The molecule has 34 heavy (non-hydrogen) atoms. The molecule has 0 bridgehead atoms. The second kappa shape index (κ2) is 11.0. The Morgan fingerprint density at radius 1 is 0.824 bits per heavy atom. The Labute approximate surface area is 195 Å². The van der Waals surface area contributed by atoms with Crippen LogP contribution in [0.1, 0.15) is 67.9 Å². The molecule has 0 spiro atoms. The summed E-state index contributed by atoms with van der Waals surface area (Å²) in [5.41, 5.74) is -4.16. The van der Waals surface area contributed by atoms with Crippen LogP contribution in [0.2, 0.25) is 0 Å². The second-order valence-corrected chi connectivity index (χ2v) is 9.68. The fourth-order valence-corrected chi connectivity index (χ4v) is 3.71. The van der Waals surface area contributed by atoms with Crippen molar-refractivity contribution in [3.8, 4) is 0 Å². The molecule has 0 radical (unpaired) electrons. The number of rotatable bonds is 7. The summed E-state index contributed by atoms with van der Waals surface area (Å²) in [7, 11) is 0. The van der Waals surface area contributed by atoms with E-state index in [4.69, 9.17) is 0 Å². The molecule has 0 aromatic heterocycles. The van der Waals surface area contributed by atoms with Crippen LogP contribution in [0.3, 0.4) is 0 Å². The highest BCUT2D eigenvalue weighted by Crippen LogP contribution is 2.36. The average molecular weight is 496 g/mol. The predicted molar refractivity (Wildman–Crippen MR) is 115 cm³/mol. The number of benzene rings is 1. The zero-order valence-corrected chi connectivity index (χ0v) is 19.4. The lowest BCUT2D eigenvalue weighted by Gasteiger charge is -2.29. The van der Waals surface area contributed by atoms with E-state index in [9.17, 15) is 35.9 Å². The molecule has 2 amide bonds. The first-order valence-electron chi connectivity index (χ1n) is 11.2. The highest BCUT2D eigenvalue weighted by molar-refractivity contribution is 5.94. The minimum atomic E-state index is -5.00. The van der Waals surface area contributed by atoms with Crippen molar-refractivity contribution < 1.29 is 35.9 Å². The standard InChI is InChI=1S/C23H31F6N3O2/c1-21(2,3)20(34)31-9-8-30-18-6-4-14(5-7-18)13-32-19(33)15-10-16(22(24,25)26)12-17(11-15)23(27,28)29/h10-12,14,18,30H,4-9,13H2,1-3H3,(H,31,34)(H,32,33)/t14-,18-. The Morgan fingerprint density at radius 2 is 1.35 bits per heavy atom. The van der Waals surface area contributed by atoms with E-state index in [2.05, 4.69) is 16.0 Å². The summed E-state index contributed by atoms with van der Waals surface area (Å²) in [6, 6.07) is 1.11. The zero-order chi connectivity index (χ0) is 25.7. The van der Waals surface area contributed by atoms with Crippen LogP contribution in [-0.2, 0) is 17.1 Å². The van der Waals surface area contributed by atoms with Gasteiger partial charge in [0.1, 0.15) is 0 Å². The number of halogens is 6. The van der Waals surface area contributed by atoms with Crippen molar-refractivity contribution in [3.05, 3.63) is 34.9 Å². The molecule has 0 atom stereocenters. The Balaban J connectivity index is 1.82. The molecule has 0 saturated heterocycles. The van der Waals surface area contributed by atoms with Crippen LogP contribution in [0.25, 0.3) is 0 Å². The number of hydrogen-bond donors (Lipinski definition) is 3. The van der Waals surface area contributed by atoms with Crippen molar-refractivity contribution in [1.29, 1.82) is 0 Å². The molecule has 1 saturated carbocycles. The molecular weight excluding hydrogens is 464 g/mol. The lowest BCUT2D eigenvalue weighted by molar-refractivity contribution is -0.143. The minimum absolute atomic E-state index is 0.000390. The van der Waals surface area contributed by atoms with Crippen molar-refractivity contribution >= 4 is 11.8 Å². The third-order valence-corrected chi connectivity index (χ3v) is 5.77. The Bertz CT molecular complexity index is 821. The van der Waals surface area contributed by atoms with Crippen LogP contribution in [-0.4, -0.2) is 37.5 Å². The number of carbonyl (C=O) groups is 2. The van der Waals surface area contributed by atoms with E-state index in [0.29, 0.717) is 25.2 Å². The highest BCUT2D eigenvalue weighted by atomic mass is 19.4. The Hall–Kier alpha value is -2.30. The lowest BCUT2D eigenvalue weighted by Crippen LogP contribution is -2.42. The van der Waals surface area contributed by atoms with Crippen LogP contribution >= 0.6 is 0 Å². The largest absolute Gasteiger partial charge is 0.416 e. The molecule has 11 heteroatoms. The topological polar surface area (TPSA) is 70.2 Å². The van der Waals surface area contributed by atoms with E-state index in [1.807, 2.05) is 20.8 Å². The molecule has 2 rings (SSSR count).